The zero-order valence-corrected chi connectivity index (χ0v) is 15.4. The van der Waals surface area contributed by atoms with Crippen LogP contribution < -0.4 is 10.2 Å². The van der Waals surface area contributed by atoms with Gasteiger partial charge in [-0.3, -0.25) is 0 Å². The molecule has 0 unspecified atom stereocenters. The number of pyridine rings is 1. The maximum absolute atomic E-state index is 4.48. The normalized spacial score (nSPS) is 11.7. The van der Waals surface area contributed by atoms with Crippen LogP contribution in [0.5, 0.6) is 0 Å². The highest BCUT2D eigenvalue weighted by molar-refractivity contribution is 9.11. The molecule has 2 aromatic rings. The van der Waals surface area contributed by atoms with Crippen molar-refractivity contribution in [2.75, 3.05) is 11.9 Å². The molecule has 0 aromatic carbocycles. The molecule has 114 valence electrons. The molecule has 0 saturated carbocycles. The molecule has 0 bridgehead atoms. The second-order valence-corrected chi connectivity index (χ2v) is 8.53. The monoisotopic (exact) mass is 367 g/mol. The molecule has 21 heavy (non-hydrogen) atoms. The Morgan fingerprint density at radius 2 is 2.05 bits per heavy atom. The van der Waals surface area contributed by atoms with Gasteiger partial charge < -0.3 is 10.2 Å². The lowest BCUT2D eigenvalue weighted by atomic mass is 10.1. The van der Waals surface area contributed by atoms with Gasteiger partial charge in [0.1, 0.15) is 5.82 Å². The standard InChI is InChI=1S/C16H22BrN3S/c1-16(2,3)19-9-12-5-6-18-15(8-12)20(4)10-13-7-14(17)21-11-13/h5-8,11,19H,9-10H2,1-4H3. The molecule has 0 aliphatic rings. The van der Waals surface area contributed by atoms with Crippen molar-refractivity contribution in [1.82, 2.24) is 10.3 Å². The third kappa shape index (κ3) is 5.41. The van der Waals surface area contributed by atoms with Crippen molar-refractivity contribution in [2.24, 2.45) is 0 Å². The summed E-state index contributed by atoms with van der Waals surface area (Å²) in [6.07, 6.45) is 1.88. The van der Waals surface area contributed by atoms with Crippen LogP contribution in [0.1, 0.15) is 31.9 Å². The van der Waals surface area contributed by atoms with E-state index in [-0.39, 0.29) is 5.54 Å². The molecule has 2 aromatic heterocycles. The number of aromatic nitrogens is 1. The van der Waals surface area contributed by atoms with Crippen LogP contribution in [-0.2, 0) is 13.1 Å². The van der Waals surface area contributed by atoms with Crippen LogP contribution in [0.25, 0.3) is 0 Å². The third-order valence-electron chi connectivity index (χ3n) is 3.07. The smallest absolute Gasteiger partial charge is 0.128 e. The summed E-state index contributed by atoms with van der Waals surface area (Å²) in [5, 5.41) is 5.68. The van der Waals surface area contributed by atoms with E-state index in [1.165, 1.54) is 14.9 Å². The summed E-state index contributed by atoms with van der Waals surface area (Å²) >= 11 is 5.22. The van der Waals surface area contributed by atoms with E-state index in [9.17, 15) is 0 Å². The van der Waals surface area contributed by atoms with Crippen molar-refractivity contribution in [3.05, 3.63) is 44.7 Å². The highest BCUT2D eigenvalue weighted by Gasteiger charge is 2.10. The molecule has 3 nitrogen and oxygen atoms in total. The lowest BCUT2D eigenvalue weighted by molar-refractivity contribution is 0.424. The van der Waals surface area contributed by atoms with Gasteiger partial charge in [-0.1, -0.05) is 0 Å². The van der Waals surface area contributed by atoms with Crippen molar-refractivity contribution in [3.63, 3.8) is 0 Å². The lowest BCUT2D eigenvalue weighted by Gasteiger charge is -2.22. The zero-order valence-electron chi connectivity index (χ0n) is 13.0. The molecular formula is C16H22BrN3S. The fourth-order valence-corrected chi connectivity index (χ4v) is 3.13. The van der Waals surface area contributed by atoms with Gasteiger partial charge >= 0.3 is 0 Å². The summed E-state index contributed by atoms with van der Waals surface area (Å²) in [4.78, 5) is 6.65. The predicted molar refractivity (Wildman–Crippen MR) is 95.0 cm³/mol. The fourth-order valence-electron chi connectivity index (χ4n) is 1.93. The SMILES string of the molecule is CN(Cc1csc(Br)c1)c1cc(CNC(C)(C)C)ccn1. The molecule has 0 saturated heterocycles. The van der Waals surface area contributed by atoms with E-state index < -0.39 is 0 Å². The van der Waals surface area contributed by atoms with E-state index in [0.717, 1.165) is 18.9 Å². The first-order valence-electron chi connectivity index (χ1n) is 6.97. The van der Waals surface area contributed by atoms with E-state index in [4.69, 9.17) is 0 Å². The number of nitrogens with zero attached hydrogens (tertiary/aromatic N) is 2. The Bertz CT molecular complexity index is 589. The number of hydrogen-bond donors (Lipinski definition) is 1. The molecule has 0 fully saturated rings. The molecule has 2 rings (SSSR count). The van der Waals surface area contributed by atoms with Gasteiger partial charge in [0, 0.05) is 31.9 Å². The minimum absolute atomic E-state index is 0.123. The molecule has 0 aliphatic carbocycles. The first-order chi connectivity index (χ1) is 9.83. The van der Waals surface area contributed by atoms with E-state index >= 15 is 0 Å². The first kappa shape index (κ1) is 16.5. The number of halogens is 1. The molecule has 0 amide bonds. The largest absolute Gasteiger partial charge is 0.355 e. The Morgan fingerprint density at radius 1 is 1.29 bits per heavy atom. The van der Waals surface area contributed by atoms with Crippen LogP contribution in [0, 0.1) is 0 Å². The molecule has 0 atom stereocenters. The van der Waals surface area contributed by atoms with Crippen LogP contribution in [0.15, 0.2) is 33.6 Å². The van der Waals surface area contributed by atoms with Crippen molar-refractivity contribution in [3.8, 4) is 0 Å². The lowest BCUT2D eigenvalue weighted by Crippen LogP contribution is -2.35. The maximum atomic E-state index is 4.48. The van der Waals surface area contributed by atoms with Crippen LogP contribution in [0.2, 0.25) is 0 Å². The number of anilines is 1. The van der Waals surface area contributed by atoms with Gasteiger partial charge in [-0.15, -0.1) is 11.3 Å². The summed E-state index contributed by atoms with van der Waals surface area (Å²) < 4.78 is 1.17. The number of thiophene rings is 1. The van der Waals surface area contributed by atoms with Gasteiger partial charge in [0.2, 0.25) is 0 Å². The fraction of sp³-hybridized carbons (Fsp3) is 0.438. The molecule has 1 N–H and O–H groups in total. The minimum Gasteiger partial charge on any atom is -0.355 e. The molecule has 0 radical (unpaired) electrons. The summed E-state index contributed by atoms with van der Waals surface area (Å²) in [6, 6.07) is 6.38. The van der Waals surface area contributed by atoms with Gasteiger partial charge in [-0.25, -0.2) is 4.98 Å². The second-order valence-electron chi connectivity index (χ2n) is 6.24. The third-order valence-corrected chi connectivity index (χ3v) is 4.62. The predicted octanol–water partition coefficient (Wildman–Crippen LogP) is 4.43. The average molecular weight is 368 g/mol. The Balaban J connectivity index is 2.02. The van der Waals surface area contributed by atoms with Crippen LogP contribution >= 0.6 is 27.3 Å². The number of nitrogens with one attached hydrogen (secondary N) is 1. The highest BCUT2D eigenvalue weighted by atomic mass is 79.9. The second kappa shape index (κ2) is 6.90. The highest BCUT2D eigenvalue weighted by Crippen LogP contribution is 2.23. The van der Waals surface area contributed by atoms with Gasteiger partial charge in [-0.2, -0.15) is 0 Å². The van der Waals surface area contributed by atoms with E-state index in [0.29, 0.717) is 0 Å². The van der Waals surface area contributed by atoms with Crippen LogP contribution in [0.3, 0.4) is 0 Å². The number of rotatable bonds is 5. The summed E-state index contributed by atoms with van der Waals surface area (Å²) in [7, 11) is 2.08. The summed E-state index contributed by atoms with van der Waals surface area (Å²) in [5.74, 6) is 1.01. The maximum Gasteiger partial charge on any atom is 0.128 e. The Kier molecular flexibility index (Phi) is 5.41. The van der Waals surface area contributed by atoms with Crippen molar-refractivity contribution >= 4 is 33.1 Å². The van der Waals surface area contributed by atoms with Crippen molar-refractivity contribution in [1.29, 1.82) is 0 Å². The summed E-state index contributed by atoms with van der Waals surface area (Å²) in [6.45, 7) is 8.25. The molecule has 0 spiro atoms. The van der Waals surface area contributed by atoms with E-state index in [2.05, 4.69) is 82.5 Å². The molecule has 2 heterocycles. The molecule has 5 heteroatoms. The average Bonchev–Trinajstić information content (AvgIpc) is 2.81. The Labute approximate surface area is 139 Å². The van der Waals surface area contributed by atoms with Gasteiger partial charge in [0.25, 0.3) is 0 Å². The molecular weight excluding hydrogens is 346 g/mol. The van der Waals surface area contributed by atoms with E-state index in [1.54, 1.807) is 11.3 Å². The van der Waals surface area contributed by atoms with Gasteiger partial charge in [0.15, 0.2) is 0 Å². The first-order valence-corrected chi connectivity index (χ1v) is 8.65. The van der Waals surface area contributed by atoms with Crippen molar-refractivity contribution in [2.45, 2.75) is 39.4 Å². The quantitative estimate of drug-likeness (QED) is 0.846. The topological polar surface area (TPSA) is 28.2 Å². The van der Waals surface area contributed by atoms with Gasteiger partial charge in [0.05, 0.1) is 3.79 Å². The van der Waals surface area contributed by atoms with Crippen LogP contribution in [0.4, 0.5) is 5.82 Å². The summed E-state index contributed by atoms with van der Waals surface area (Å²) in [5.41, 5.74) is 2.68. The molecule has 0 aliphatic heterocycles. The Hall–Kier alpha value is -0.910. The zero-order chi connectivity index (χ0) is 15.5. The van der Waals surface area contributed by atoms with Crippen LogP contribution in [-0.4, -0.2) is 17.6 Å². The minimum atomic E-state index is 0.123. The Morgan fingerprint density at radius 3 is 2.67 bits per heavy atom. The van der Waals surface area contributed by atoms with Gasteiger partial charge in [-0.05, 0) is 71.4 Å². The van der Waals surface area contributed by atoms with E-state index in [1.807, 2.05) is 6.20 Å². The number of hydrogen-bond acceptors (Lipinski definition) is 4. The van der Waals surface area contributed by atoms with Crippen molar-refractivity contribution < 1.29 is 0 Å².